The van der Waals surface area contributed by atoms with Gasteiger partial charge in [-0.05, 0) is 31.2 Å². The van der Waals surface area contributed by atoms with Crippen LogP contribution >= 0.6 is 0 Å². The van der Waals surface area contributed by atoms with Crippen molar-refractivity contribution in [3.05, 3.63) is 54.4 Å². The Morgan fingerprint density at radius 1 is 1.30 bits per heavy atom. The Bertz CT molecular complexity index is 845. The van der Waals surface area contributed by atoms with Gasteiger partial charge in [0.05, 0.1) is 5.56 Å². The van der Waals surface area contributed by atoms with E-state index >= 15 is 0 Å². The van der Waals surface area contributed by atoms with E-state index in [1.165, 1.54) is 37.4 Å². The van der Waals surface area contributed by atoms with E-state index in [1.54, 1.807) is 12.1 Å². The van der Waals surface area contributed by atoms with Crippen LogP contribution in [0.5, 0.6) is 5.75 Å². The van der Waals surface area contributed by atoms with E-state index in [9.17, 15) is 13.2 Å². The van der Waals surface area contributed by atoms with Gasteiger partial charge in [-0.15, -0.1) is 0 Å². The van der Waals surface area contributed by atoms with Crippen molar-refractivity contribution >= 4 is 15.9 Å². The highest BCUT2D eigenvalue weighted by Gasteiger charge is 2.23. The van der Waals surface area contributed by atoms with E-state index < -0.39 is 22.0 Å². The Morgan fingerprint density at radius 3 is 2.70 bits per heavy atom. The molecule has 23 heavy (non-hydrogen) atoms. The average molecular weight is 331 g/mol. The van der Waals surface area contributed by atoms with Crippen molar-refractivity contribution < 1.29 is 17.9 Å². The lowest BCUT2D eigenvalue weighted by atomic mass is 10.2. The SMILES string of the molecule is CC(Oc1ccccc1C#N)C(=O)NS(=O)(=O)c1cccnc1. The smallest absolute Gasteiger partial charge is 0.274 e. The van der Waals surface area contributed by atoms with Gasteiger partial charge in [0.15, 0.2) is 6.10 Å². The molecule has 1 unspecified atom stereocenters. The zero-order valence-electron chi connectivity index (χ0n) is 12.1. The third-order valence-electron chi connectivity index (χ3n) is 2.86. The number of carbonyl (C=O) groups excluding carboxylic acids is 1. The maximum atomic E-state index is 12.0. The standard InChI is InChI=1S/C15H13N3O4S/c1-11(22-14-7-3-2-5-12(14)9-16)15(19)18-23(20,21)13-6-4-8-17-10-13/h2-8,10-11H,1H3,(H,18,19). The molecule has 118 valence electrons. The summed E-state index contributed by atoms with van der Waals surface area (Å²) in [7, 11) is -4.02. The number of aromatic nitrogens is 1. The van der Waals surface area contributed by atoms with Gasteiger partial charge in [0, 0.05) is 12.4 Å². The molecule has 7 nitrogen and oxygen atoms in total. The second-order valence-electron chi connectivity index (χ2n) is 4.53. The number of amides is 1. The van der Waals surface area contributed by atoms with Crippen LogP contribution in [0.15, 0.2) is 53.7 Å². The first-order valence-corrected chi connectivity index (χ1v) is 8.05. The van der Waals surface area contributed by atoms with Gasteiger partial charge in [-0.2, -0.15) is 5.26 Å². The number of sulfonamides is 1. The lowest BCUT2D eigenvalue weighted by Crippen LogP contribution is -2.40. The van der Waals surface area contributed by atoms with Crippen LogP contribution in [-0.2, 0) is 14.8 Å². The van der Waals surface area contributed by atoms with E-state index in [4.69, 9.17) is 10.00 Å². The maximum absolute atomic E-state index is 12.0. The molecule has 0 aliphatic heterocycles. The molecule has 2 rings (SSSR count). The molecule has 1 aromatic heterocycles. The Morgan fingerprint density at radius 2 is 2.04 bits per heavy atom. The van der Waals surface area contributed by atoms with Crippen LogP contribution in [0.1, 0.15) is 12.5 Å². The number of nitrogens with zero attached hydrogens (tertiary/aromatic N) is 2. The predicted octanol–water partition coefficient (Wildman–Crippen LogP) is 1.23. The summed E-state index contributed by atoms with van der Waals surface area (Å²) < 4.78 is 31.4. The molecular weight excluding hydrogens is 318 g/mol. The number of nitriles is 1. The highest BCUT2D eigenvalue weighted by atomic mass is 32.2. The average Bonchev–Trinajstić information content (AvgIpc) is 2.55. The van der Waals surface area contributed by atoms with Gasteiger partial charge >= 0.3 is 0 Å². The third-order valence-corrected chi connectivity index (χ3v) is 4.19. The van der Waals surface area contributed by atoms with Gasteiger partial charge in [0.25, 0.3) is 15.9 Å². The Hall–Kier alpha value is -2.92. The van der Waals surface area contributed by atoms with E-state index in [0.29, 0.717) is 0 Å². The minimum atomic E-state index is -4.02. The number of benzene rings is 1. The van der Waals surface area contributed by atoms with Crippen molar-refractivity contribution in [2.24, 2.45) is 0 Å². The maximum Gasteiger partial charge on any atom is 0.274 e. The van der Waals surface area contributed by atoms with Crippen molar-refractivity contribution in [1.82, 2.24) is 9.71 Å². The number of para-hydroxylation sites is 1. The first kappa shape index (κ1) is 16.5. The van der Waals surface area contributed by atoms with Crippen LogP contribution in [-0.4, -0.2) is 25.4 Å². The number of rotatable bonds is 5. The summed E-state index contributed by atoms with van der Waals surface area (Å²) in [4.78, 5) is 15.6. The summed E-state index contributed by atoms with van der Waals surface area (Å²) in [5.74, 6) is -0.641. The van der Waals surface area contributed by atoms with Gasteiger partial charge < -0.3 is 4.74 Å². The fourth-order valence-corrected chi connectivity index (χ4v) is 2.69. The monoisotopic (exact) mass is 331 g/mol. The molecule has 1 N–H and O–H groups in total. The normalized spacial score (nSPS) is 12.0. The van der Waals surface area contributed by atoms with E-state index in [-0.39, 0.29) is 16.2 Å². The minimum Gasteiger partial charge on any atom is -0.479 e. The summed E-state index contributed by atoms with van der Waals surface area (Å²) in [5.41, 5.74) is 0.252. The summed E-state index contributed by atoms with van der Waals surface area (Å²) in [6.45, 7) is 1.39. The first-order valence-electron chi connectivity index (χ1n) is 6.56. The summed E-state index contributed by atoms with van der Waals surface area (Å²) in [6, 6.07) is 11.1. The Kier molecular flexibility index (Phi) is 4.93. The largest absolute Gasteiger partial charge is 0.479 e. The molecule has 8 heteroatoms. The van der Waals surface area contributed by atoms with Gasteiger partial charge in [0.2, 0.25) is 0 Å². The van der Waals surface area contributed by atoms with Crippen molar-refractivity contribution in [1.29, 1.82) is 5.26 Å². The molecule has 0 aliphatic carbocycles. The molecular formula is C15H13N3O4S. The number of hydrogen-bond acceptors (Lipinski definition) is 6. The molecule has 1 atom stereocenters. The predicted molar refractivity (Wildman–Crippen MR) is 80.8 cm³/mol. The number of ether oxygens (including phenoxy) is 1. The molecule has 0 bridgehead atoms. The summed E-state index contributed by atoms with van der Waals surface area (Å²) >= 11 is 0. The second kappa shape index (κ2) is 6.89. The van der Waals surface area contributed by atoms with Crippen LogP contribution in [0.25, 0.3) is 0 Å². The molecule has 0 spiro atoms. The van der Waals surface area contributed by atoms with Gasteiger partial charge in [-0.3, -0.25) is 9.78 Å². The van der Waals surface area contributed by atoms with E-state index in [0.717, 1.165) is 6.20 Å². The van der Waals surface area contributed by atoms with Crippen molar-refractivity contribution in [3.8, 4) is 11.8 Å². The van der Waals surface area contributed by atoms with E-state index in [2.05, 4.69) is 4.98 Å². The fraction of sp³-hybridized carbons (Fsp3) is 0.133. The van der Waals surface area contributed by atoms with Crippen molar-refractivity contribution in [3.63, 3.8) is 0 Å². The van der Waals surface area contributed by atoms with Crippen molar-refractivity contribution in [2.75, 3.05) is 0 Å². The Labute approximate surface area is 133 Å². The fourth-order valence-electron chi connectivity index (χ4n) is 1.69. The van der Waals surface area contributed by atoms with E-state index in [1.807, 2.05) is 10.8 Å². The second-order valence-corrected chi connectivity index (χ2v) is 6.21. The molecule has 0 fully saturated rings. The lowest BCUT2D eigenvalue weighted by molar-refractivity contribution is -0.125. The number of nitrogens with one attached hydrogen (secondary N) is 1. The third kappa shape index (κ3) is 4.05. The van der Waals surface area contributed by atoms with Crippen LogP contribution in [0.4, 0.5) is 0 Å². The van der Waals surface area contributed by atoms with Crippen LogP contribution < -0.4 is 9.46 Å². The van der Waals surface area contributed by atoms with Crippen LogP contribution in [0.3, 0.4) is 0 Å². The topological polar surface area (TPSA) is 109 Å². The zero-order chi connectivity index (χ0) is 16.9. The number of pyridine rings is 1. The van der Waals surface area contributed by atoms with Crippen LogP contribution in [0, 0.1) is 11.3 Å². The molecule has 2 aromatic rings. The minimum absolute atomic E-state index is 0.127. The summed E-state index contributed by atoms with van der Waals surface area (Å²) in [5, 5.41) is 8.97. The van der Waals surface area contributed by atoms with Crippen molar-refractivity contribution in [2.45, 2.75) is 17.9 Å². The van der Waals surface area contributed by atoms with Gasteiger partial charge in [-0.1, -0.05) is 12.1 Å². The molecule has 1 amide bonds. The van der Waals surface area contributed by atoms with Gasteiger partial charge in [-0.25, -0.2) is 13.1 Å². The molecule has 0 radical (unpaired) electrons. The molecule has 0 saturated heterocycles. The zero-order valence-corrected chi connectivity index (χ0v) is 12.9. The lowest BCUT2D eigenvalue weighted by Gasteiger charge is -2.15. The number of carbonyl (C=O) groups is 1. The highest BCUT2D eigenvalue weighted by Crippen LogP contribution is 2.18. The first-order chi connectivity index (χ1) is 10.9. The highest BCUT2D eigenvalue weighted by molar-refractivity contribution is 7.90. The van der Waals surface area contributed by atoms with Gasteiger partial charge in [0.1, 0.15) is 16.7 Å². The quantitative estimate of drug-likeness (QED) is 0.882. The molecule has 0 aliphatic rings. The Balaban J connectivity index is 2.10. The molecule has 1 heterocycles. The molecule has 0 saturated carbocycles. The summed E-state index contributed by atoms with van der Waals surface area (Å²) in [6.07, 6.45) is 1.45. The number of hydrogen-bond donors (Lipinski definition) is 1. The molecule has 1 aromatic carbocycles. The van der Waals surface area contributed by atoms with Crippen LogP contribution in [0.2, 0.25) is 0 Å².